The van der Waals surface area contributed by atoms with Crippen LogP contribution in [-0.4, -0.2) is 24.0 Å². The molecule has 0 aromatic carbocycles. The first-order valence-electron chi connectivity index (χ1n) is 6.58. The third-order valence-electron chi connectivity index (χ3n) is 2.94. The lowest BCUT2D eigenvalue weighted by Crippen LogP contribution is -2.21. The van der Waals surface area contributed by atoms with Crippen LogP contribution in [0.3, 0.4) is 0 Å². The molecule has 1 atom stereocenters. The third kappa shape index (κ3) is 3.81. The van der Waals surface area contributed by atoms with Gasteiger partial charge in [-0.3, -0.25) is 9.78 Å². The quantitative estimate of drug-likeness (QED) is 0.890. The first-order chi connectivity index (χ1) is 9.58. The van der Waals surface area contributed by atoms with Gasteiger partial charge in [0.2, 0.25) is 0 Å². The minimum Gasteiger partial charge on any atom is -0.382 e. The molecule has 5 heteroatoms. The molecule has 2 aromatic heterocycles. The third-order valence-corrected chi connectivity index (χ3v) is 3.96. The Hall–Kier alpha value is -1.88. The van der Waals surface area contributed by atoms with Crippen LogP contribution in [0, 0.1) is 6.92 Å². The number of nitrogens with one attached hydrogen (secondary N) is 2. The van der Waals surface area contributed by atoms with Gasteiger partial charge in [0, 0.05) is 41.1 Å². The molecule has 2 aromatic rings. The van der Waals surface area contributed by atoms with Crippen molar-refractivity contribution in [3.05, 3.63) is 45.9 Å². The Balaban J connectivity index is 2.00. The number of pyridine rings is 1. The number of aryl methyl sites for hydroxylation is 1. The molecule has 20 heavy (non-hydrogen) atoms. The highest BCUT2D eigenvalue weighted by atomic mass is 32.1. The molecule has 0 aliphatic rings. The van der Waals surface area contributed by atoms with Crippen molar-refractivity contribution < 1.29 is 4.79 Å². The van der Waals surface area contributed by atoms with Crippen molar-refractivity contribution in [2.45, 2.75) is 26.3 Å². The number of hydrogen-bond acceptors (Lipinski definition) is 4. The minimum absolute atomic E-state index is 0.171. The predicted octanol–water partition coefficient (Wildman–Crippen LogP) is 2.85. The maximum absolute atomic E-state index is 11.5. The van der Waals surface area contributed by atoms with Crippen LogP contribution in [0.4, 0.5) is 5.69 Å². The van der Waals surface area contributed by atoms with E-state index in [4.69, 9.17) is 0 Å². The Bertz CT molecular complexity index is 594. The van der Waals surface area contributed by atoms with Gasteiger partial charge in [-0.25, -0.2) is 0 Å². The molecule has 0 bridgehead atoms. The van der Waals surface area contributed by atoms with Crippen LogP contribution in [0.2, 0.25) is 0 Å². The van der Waals surface area contributed by atoms with Crippen molar-refractivity contribution in [3.63, 3.8) is 0 Å². The summed E-state index contributed by atoms with van der Waals surface area (Å²) in [6.07, 6.45) is 2.62. The summed E-state index contributed by atoms with van der Waals surface area (Å²) in [5.41, 5.74) is 1.34. The van der Waals surface area contributed by atoms with Crippen LogP contribution in [0.1, 0.15) is 27.2 Å². The first-order valence-corrected chi connectivity index (χ1v) is 7.40. The highest BCUT2D eigenvalue weighted by molar-refractivity contribution is 7.11. The van der Waals surface area contributed by atoms with Crippen molar-refractivity contribution >= 4 is 22.9 Å². The normalized spacial score (nSPS) is 11.9. The Morgan fingerprint density at radius 1 is 1.40 bits per heavy atom. The van der Waals surface area contributed by atoms with Gasteiger partial charge in [-0.15, -0.1) is 11.3 Å². The predicted molar refractivity (Wildman–Crippen MR) is 83.5 cm³/mol. The van der Waals surface area contributed by atoms with Crippen molar-refractivity contribution in [2.24, 2.45) is 0 Å². The van der Waals surface area contributed by atoms with Crippen molar-refractivity contribution in [1.29, 1.82) is 0 Å². The molecule has 1 unspecified atom stereocenters. The zero-order valence-electron chi connectivity index (χ0n) is 11.9. The monoisotopic (exact) mass is 289 g/mol. The van der Waals surface area contributed by atoms with Crippen molar-refractivity contribution in [2.75, 3.05) is 12.4 Å². The lowest BCUT2D eigenvalue weighted by atomic mass is 10.2. The standard InChI is InChI=1S/C15H19N3OS/c1-10(8-13-5-4-11(2)20-13)18-12-6-7-17-14(9-12)15(19)16-3/h4-7,9-10H,8H2,1-3H3,(H,16,19)(H,17,18). The number of thiophene rings is 1. The van der Waals surface area contributed by atoms with E-state index in [0.29, 0.717) is 11.7 Å². The summed E-state index contributed by atoms with van der Waals surface area (Å²) in [5, 5.41) is 5.98. The summed E-state index contributed by atoms with van der Waals surface area (Å²) in [6, 6.07) is 8.26. The summed E-state index contributed by atoms with van der Waals surface area (Å²) in [5.74, 6) is -0.171. The van der Waals surface area contributed by atoms with E-state index in [9.17, 15) is 4.79 Å². The zero-order valence-corrected chi connectivity index (χ0v) is 12.8. The molecule has 0 spiro atoms. The fraction of sp³-hybridized carbons (Fsp3) is 0.333. The van der Waals surface area contributed by atoms with Gasteiger partial charge in [0.15, 0.2) is 0 Å². The molecule has 4 nitrogen and oxygen atoms in total. The summed E-state index contributed by atoms with van der Waals surface area (Å²) < 4.78 is 0. The van der Waals surface area contributed by atoms with Crippen molar-refractivity contribution in [3.8, 4) is 0 Å². The van der Waals surface area contributed by atoms with Gasteiger partial charge in [0.25, 0.3) is 5.91 Å². The average molecular weight is 289 g/mol. The number of carbonyl (C=O) groups excluding carboxylic acids is 1. The number of nitrogens with zero attached hydrogens (tertiary/aromatic N) is 1. The molecule has 2 heterocycles. The fourth-order valence-corrected chi connectivity index (χ4v) is 3.02. The second-order valence-corrected chi connectivity index (χ2v) is 6.14. The number of carbonyl (C=O) groups is 1. The van der Waals surface area contributed by atoms with Crippen LogP contribution in [0.5, 0.6) is 0 Å². The van der Waals surface area contributed by atoms with Gasteiger partial charge in [-0.2, -0.15) is 0 Å². The van der Waals surface area contributed by atoms with E-state index >= 15 is 0 Å². The van der Waals surface area contributed by atoms with Crippen LogP contribution in [-0.2, 0) is 6.42 Å². The summed E-state index contributed by atoms with van der Waals surface area (Å²) in [6.45, 7) is 4.25. The molecule has 2 rings (SSSR count). The summed E-state index contributed by atoms with van der Waals surface area (Å²) >= 11 is 1.82. The lowest BCUT2D eigenvalue weighted by Gasteiger charge is -2.14. The number of amides is 1. The summed E-state index contributed by atoms with van der Waals surface area (Å²) in [4.78, 5) is 18.3. The highest BCUT2D eigenvalue weighted by Crippen LogP contribution is 2.18. The van der Waals surface area contributed by atoms with Crippen LogP contribution < -0.4 is 10.6 Å². The molecular weight excluding hydrogens is 270 g/mol. The van der Waals surface area contributed by atoms with E-state index in [1.165, 1.54) is 9.75 Å². The van der Waals surface area contributed by atoms with Gasteiger partial charge in [0.05, 0.1) is 0 Å². The van der Waals surface area contributed by atoms with Crippen LogP contribution >= 0.6 is 11.3 Å². The largest absolute Gasteiger partial charge is 0.382 e. The Morgan fingerprint density at radius 3 is 2.85 bits per heavy atom. The minimum atomic E-state index is -0.171. The molecule has 2 N–H and O–H groups in total. The van der Waals surface area contributed by atoms with Crippen LogP contribution in [0.25, 0.3) is 0 Å². The molecule has 106 valence electrons. The van der Waals surface area contributed by atoms with Crippen LogP contribution in [0.15, 0.2) is 30.5 Å². The van der Waals surface area contributed by atoms with Gasteiger partial charge in [0.1, 0.15) is 5.69 Å². The lowest BCUT2D eigenvalue weighted by molar-refractivity contribution is 0.0958. The van der Waals surface area contributed by atoms with E-state index in [-0.39, 0.29) is 5.91 Å². The smallest absolute Gasteiger partial charge is 0.269 e. The van der Waals surface area contributed by atoms with Gasteiger partial charge < -0.3 is 10.6 Å². The Kier molecular flexibility index (Phi) is 4.74. The average Bonchev–Trinajstić information content (AvgIpc) is 2.83. The zero-order chi connectivity index (χ0) is 14.5. The second kappa shape index (κ2) is 6.52. The van der Waals surface area contributed by atoms with E-state index in [0.717, 1.165) is 12.1 Å². The second-order valence-electron chi connectivity index (χ2n) is 4.77. The highest BCUT2D eigenvalue weighted by Gasteiger charge is 2.08. The molecular formula is C15H19N3OS. The van der Waals surface area contributed by atoms with E-state index in [1.54, 1.807) is 19.3 Å². The first kappa shape index (κ1) is 14.5. The molecule has 0 saturated carbocycles. The van der Waals surface area contributed by atoms with E-state index < -0.39 is 0 Å². The molecule has 0 radical (unpaired) electrons. The van der Waals surface area contributed by atoms with Gasteiger partial charge in [-0.05, 0) is 38.1 Å². The Morgan fingerprint density at radius 2 is 2.20 bits per heavy atom. The number of anilines is 1. The van der Waals surface area contributed by atoms with Gasteiger partial charge in [-0.1, -0.05) is 0 Å². The molecule has 1 amide bonds. The van der Waals surface area contributed by atoms with E-state index in [2.05, 4.69) is 41.6 Å². The number of aromatic nitrogens is 1. The SMILES string of the molecule is CNC(=O)c1cc(NC(C)Cc2ccc(C)s2)ccn1. The van der Waals surface area contributed by atoms with E-state index in [1.807, 2.05) is 17.4 Å². The Labute approximate surface area is 123 Å². The maximum Gasteiger partial charge on any atom is 0.269 e. The van der Waals surface area contributed by atoms with Gasteiger partial charge >= 0.3 is 0 Å². The molecule has 0 saturated heterocycles. The summed E-state index contributed by atoms with van der Waals surface area (Å²) in [7, 11) is 1.60. The fourth-order valence-electron chi connectivity index (χ4n) is 2.00. The number of hydrogen-bond donors (Lipinski definition) is 2. The van der Waals surface area contributed by atoms with Crippen molar-refractivity contribution in [1.82, 2.24) is 10.3 Å². The maximum atomic E-state index is 11.5. The number of rotatable bonds is 5. The molecule has 0 aliphatic carbocycles. The topological polar surface area (TPSA) is 54.0 Å². The molecule has 0 aliphatic heterocycles. The molecule has 0 fully saturated rings.